The lowest BCUT2D eigenvalue weighted by Crippen LogP contribution is -2.35. The zero-order chi connectivity index (χ0) is 16.9. The second-order valence-corrected chi connectivity index (χ2v) is 7.18. The summed E-state index contributed by atoms with van der Waals surface area (Å²) in [6.45, 7) is 3.08. The van der Waals surface area contributed by atoms with E-state index in [0.29, 0.717) is 12.5 Å². The number of hydrogen-bond acceptors (Lipinski definition) is 4. The third kappa shape index (κ3) is 3.64. The van der Waals surface area contributed by atoms with Gasteiger partial charge in [-0.2, -0.15) is 0 Å². The van der Waals surface area contributed by atoms with E-state index in [0.717, 1.165) is 48.1 Å². The van der Waals surface area contributed by atoms with E-state index < -0.39 is 0 Å². The predicted molar refractivity (Wildman–Crippen MR) is 96.8 cm³/mol. The van der Waals surface area contributed by atoms with Crippen LogP contribution >= 0.6 is 11.8 Å². The molecule has 1 fully saturated rings. The Balaban J connectivity index is 1.56. The lowest BCUT2D eigenvalue weighted by atomic mass is 10.1. The molecule has 0 saturated carbocycles. The van der Waals surface area contributed by atoms with Crippen molar-refractivity contribution in [3.05, 3.63) is 30.3 Å². The number of thioether (sulfide) groups is 1. The van der Waals surface area contributed by atoms with Gasteiger partial charge in [-0.25, -0.2) is 0 Å². The van der Waals surface area contributed by atoms with Crippen LogP contribution in [0.4, 0.5) is 0 Å². The Labute approximate surface area is 147 Å². The number of nitrogens with zero attached hydrogens (tertiary/aromatic N) is 4. The molecule has 0 aliphatic carbocycles. The zero-order valence-electron chi connectivity index (χ0n) is 14.3. The molecule has 0 radical (unpaired) electrons. The average molecular weight is 344 g/mol. The number of benzene rings is 1. The molecule has 1 aromatic carbocycles. The number of carbonyl (C=O) groups excluding carboxylic acids is 1. The van der Waals surface area contributed by atoms with Gasteiger partial charge in [-0.05, 0) is 19.3 Å². The van der Waals surface area contributed by atoms with Gasteiger partial charge in [0.2, 0.25) is 5.91 Å². The molecule has 0 bridgehead atoms. The number of likely N-dealkylation sites (tertiary alicyclic amines) is 1. The molecule has 24 heavy (non-hydrogen) atoms. The molecule has 2 heterocycles. The van der Waals surface area contributed by atoms with Gasteiger partial charge >= 0.3 is 0 Å². The lowest BCUT2D eigenvalue weighted by molar-refractivity contribution is -0.131. The van der Waals surface area contributed by atoms with Crippen LogP contribution < -0.4 is 0 Å². The minimum atomic E-state index is 0.275. The molecular weight excluding hydrogens is 320 g/mol. The van der Waals surface area contributed by atoms with Crippen LogP contribution in [0.25, 0.3) is 11.4 Å². The quantitative estimate of drug-likeness (QED) is 0.754. The summed E-state index contributed by atoms with van der Waals surface area (Å²) in [6.07, 6.45) is 3.91. The summed E-state index contributed by atoms with van der Waals surface area (Å²) in [4.78, 5) is 14.4. The maximum absolute atomic E-state index is 12.4. The first kappa shape index (κ1) is 17.0. The average Bonchev–Trinajstić information content (AvgIpc) is 3.22. The van der Waals surface area contributed by atoms with Crippen molar-refractivity contribution in [3.63, 3.8) is 0 Å². The van der Waals surface area contributed by atoms with Gasteiger partial charge < -0.3 is 9.47 Å². The van der Waals surface area contributed by atoms with Crippen molar-refractivity contribution >= 4 is 17.7 Å². The first-order chi connectivity index (χ1) is 11.7. The van der Waals surface area contributed by atoms with Crippen LogP contribution in [0.3, 0.4) is 0 Å². The lowest BCUT2D eigenvalue weighted by Gasteiger charge is -2.23. The molecule has 0 spiro atoms. The van der Waals surface area contributed by atoms with Gasteiger partial charge in [0.15, 0.2) is 11.0 Å². The molecule has 1 aliphatic rings. The number of amides is 1. The van der Waals surface area contributed by atoms with Crippen LogP contribution in [0.15, 0.2) is 35.5 Å². The molecule has 1 unspecified atom stereocenters. The van der Waals surface area contributed by atoms with Gasteiger partial charge in [-0.1, -0.05) is 49.0 Å². The fourth-order valence-electron chi connectivity index (χ4n) is 3.24. The summed E-state index contributed by atoms with van der Waals surface area (Å²) in [7, 11) is 1.97. The number of rotatable bonds is 6. The molecule has 1 atom stereocenters. The summed E-state index contributed by atoms with van der Waals surface area (Å²) >= 11 is 1.60. The van der Waals surface area contributed by atoms with E-state index in [4.69, 9.17) is 0 Å². The van der Waals surface area contributed by atoms with Crippen molar-refractivity contribution < 1.29 is 4.79 Å². The molecule has 128 valence electrons. The zero-order valence-corrected chi connectivity index (χ0v) is 15.1. The summed E-state index contributed by atoms with van der Waals surface area (Å²) in [5.74, 6) is 1.87. The normalized spacial score (nSPS) is 17.4. The third-order valence-electron chi connectivity index (χ3n) is 4.58. The Morgan fingerprint density at radius 2 is 2.08 bits per heavy atom. The number of hydrogen-bond donors (Lipinski definition) is 0. The molecule has 5 nitrogen and oxygen atoms in total. The van der Waals surface area contributed by atoms with E-state index in [1.807, 2.05) is 41.9 Å². The van der Waals surface area contributed by atoms with Crippen LogP contribution in [0.2, 0.25) is 0 Å². The maximum Gasteiger partial charge on any atom is 0.223 e. The van der Waals surface area contributed by atoms with E-state index in [1.165, 1.54) is 0 Å². The molecule has 2 aromatic rings. The monoisotopic (exact) mass is 344 g/mol. The fraction of sp³-hybridized carbons (Fsp3) is 0.500. The van der Waals surface area contributed by atoms with Crippen molar-refractivity contribution in [1.29, 1.82) is 0 Å². The number of carbonyl (C=O) groups is 1. The van der Waals surface area contributed by atoms with E-state index in [1.54, 1.807) is 11.8 Å². The van der Waals surface area contributed by atoms with Crippen molar-refractivity contribution in [3.8, 4) is 11.4 Å². The molecule has 3 rings (SSSR count). The summed E-state index contributed by atoms with van der Waals surface area (Å²) in [5, 5.41) is 9.41. The van der Waals surface area contributed by atoms with E-state index >= 15 is 0 Å². The Bertz CT molecular complexity index is 686. The van der Waals surface area contributed by atoms with E-state index in [-0.39, 0.29) is 5.91 Å². The van der Waals surface area contributed by atoms with Crippen molar-refractivity contribution in [2.24, 2.45) is 7.05 Å². The maximum atomic E-state index is 12.4. The van der Waals surface area contributed by atoms with Gasteiger partial charge in [0.25, 0.3) is 0 Å². The second-order valence-electron chi connectivity index (χ2n) is 6.12. The summed E-state index contributed by atoms with van der Waals surface area (Å²) in [5.41, 5.74) is 1.05. The van der Waals surface area contributed by atoms with Crippen LogP contribution in [-0.4, -0.2) is 43.9 Å². The Kier molecular flexibility index (Phi) is 5.56. The Morgan fingerprint density at radius 3 is 2.83 bits per heavy atom. The van der Waals surface area contributed by atoms with Gasteiger partial charge in [0, 0.05) is 37.4 Å². The summed E-state index contributed by atoms with van der Waals surface area (Å²) < 4.78 is 2.00. The van der Waals surface area contributed by atoms with Gasteiger partial charge in [0.05, 0.1) is 0 Å². The first-order valence-electron chi connectivity index (χ1n) is 8.57. The van der Waals surface area contributed by atoms with Crippen molar-refractivity contribution in [1.82, 2.24) is 19.7 Å². The van der Waals surface area contributed by atoms with Gasteiger partial charge in [0.1, 0.15) is 0 Å². The fourth-order valence-corrected chi connectivity index (χ4v) is 4.08. The topological polar surface area (TPSA) is 51.0 Å². The highest BCUT2D eigenvalue weighted by molar-refractivity contribution is 7.99. The molecule has 1 amide bonds. The third-order valence-corrected chi connectivity index (χ3v) is 5.60. The predicted octanol–water partition coefficient (Wildman–Crippen LogP) is 3.37. The van der Waals surface area contributed by atoms with Crippen LogP contribution in [0.1, 0.15) is 32.6 Å². The SMILES string of the molecule is CCC1CCCN1C(=O)CCSc1nnc(-c2ccccc2)n1C. The summed E-state index contributed by atoms with van der Waals surface area (Å²) in [6, 6.07) is 10.5. The van der Waals surface area contributed by atoms with Gasteiger partial charge in [-0.3, -0.25) is 4.79 Å². The highest BCUT2D eigenvalue weighted by Gasteiger charge is 2.26. The van der Waals surface area contributed by atoms with Crippen LogP contribution in [-0.2, 0) is 11.8 Å². The highest BCUT2D eigenvalue weighted by Crippen LogP contribution is 2.24. The minimum Gasteiger partial charge on any atom is -0.340 e. The molecule has 1 saturated heterocycles. The van der Waals surface area contributed by atoms with E-state index in [2.05, 4.69) is 22.0 Å². The second kappa shape index (κ2) is 7.83. The Morgan fingerprint density at radius 1 is 1.29 bits per heavy atom. The highest BCUT2D eigenvalue weighted by atomic mass is 32.2. The van der Waals surface area contributed by atoms with E-state index in [9.17, 15) is 4.79 Å². The Hall–Kier alpha value is -1.82. The van der Waals surface area contributed by atoms with Crippen molar-refractivity contribution in [2.75, 3.05) is 12.3 Å². The number of aromatic nitrogens is 3. The largest absolute Gasteiger partial charge is 0.340 e. The molecule has 1 aromatic heterocycles. The molecular formula is C18H24N4OS. The standard InChI is InChI=1S/C18H24N4OS/c1-3-15-10-7-12-22(15)16(23)11-13-24-18-20-19-17(21(18)2)14-8-5-4-6-9-14/h4-6,8-9,15H,3,7,10-13H2,1-2H3. The van der Waals surface area contributed by atoms with Gasteiger partial charge in [-0.15, -0.1) is 10.2 Å². The minimum absolute atomic E-state index is 0.275. The smallest absolute Gasteiger partial charge is 0.223 e. The molecule has 6 heteroatoms. The molecule has 1 aliphatic heterocycles. The van der Waals surface area contributed by atoms with Crippen molar-refractivity contribution in [2.45, 2.75) is 43.8 Å². The molecule has 0 N–H and O–H groups in total. The van der Waals surface area contributed by atoms with Crippen LogP contribution in [0, 0.1) is 0 Å². The first-order valence-corrected chi connectivity index (χ1v) is 9.56. The van der Waals surface area contributed by atoms with Crippen LogP contribution in [0.5, 0.6) is 0 Å².